The van der Waals surface area contributed by atoms with Crippen LogP contribution >= 0.6 is 11.3 Å². The Kier molecular flexibility index (Phi) is 5.88. The van der Waals surface area contributed by atoms with Gasteiger partial charge in [0.25, 0.3) is 11.1 Å². The molecule has 9 nitrogen and oxygen atoms in total. The van der Waals surface area contributed by atoms with Crippen LogP contribution in [0.3, 0.4) is 0 Å². The van der Waals surface area contributed by atoms with Crippen LogP contribution in [0.2, 0.25) is 0 Å². The van der Waals surface area contributed by atoms with Crippen LogP contribution < -0.4 is 11.1 Å². The van der Waals surface area contributed by atoms with Crippen LogP contribution in [0.25, 0.3) is 26.7 Å². The van der Waals surface area contributed by atoms with Gasteiger partial charge in [0.05, 0.1) is 35.0 Å². The highest BCUT2D eigenvalue weighted by molar-refractivity contribution is 7.18. The molecule has 3 heterocycles. The molecule has 0 fully saturated rings. The highest BCUT2D eigenvalue weighted by Crippen LogP contribution is 2.34. The van der Waals surface area contributed by atoms with E-state index in [1.807, 2.05) is 0 Å². The second-order valence-corrected chi connectivity index (χ2v) is 9.95. The van der Waals surface area contributed by atoms with Crippen molar-refractivity contribution < 1.29 is 14.6 Å². The first-order valence-electron chi connectivity index (χ1n) is 12.2. The summed E-state index contributed by atoms with van der Waals surface area (Å²) < 4.78 is 7.33. The van der Waals surface area contributed by atoms with Gasteiger partial charge in [-0.2, -0.15) is 9.78 Å². The van der Waals surface area contributed by atoms with E-state index >= 15 is 0 Å². The largest absolute Gasteiger partial charge is 0.494 e. The third kappa shape index (κ3) is 3.81. The molecule has 0 saturated carbocycles. The van der Waals surface area contributed by atoms with E-state index in [2.05, 4.69) is 10.1 Å². The molecule has 2 aromatic carbocycles. The van der Waals surface area contributed by atoms with Crippen molar-refractivity contribution in [3.63, 3.8) is 0 Å². The number of carbonyl (C=O) groups excluding carboxylic acids is 1. The number of rotatable bonds is 5. The first-order chi connectivity index (χ1) is 18.5. The van der Waals surface area contributed by atoms with Crippen molar-refractivity contribution in [1.29, 1.82) is 0 Å². The van der Waals surface area contributed by atoms with E-state index in [9.17, 15) is 19.5 Å². The Balaban J connectivity index is 1.49. The highest BCUT2D eigenvalue weighted by atomic mass is 32.1. The Labute approximate surface area is 219 Å². The lowest BCUT2D eigenvalue weighted by molar-refractivity contribution is 0.0526. The number of esters is 1. The minimum Gasteiger partial charge on any atom is -0.494 e. The van der Waals surface area contributed by atoms with Crippen molar-refractivity contribution in [2.75, 3.05) is 6.61 Å². The van der Waals surface area contributed by atoms with Crippen LogP contribution in [0, 0.1) is 0 Å². The predicted molar refractivity (Wildman–Crippen MR) is 146 cm³/mol. The van der Waals surface area contributed by atoms with E-state index in [1.54, 1.807) is 54.7 Å². The number of nitrogens with zero attached hydrogens (tertiary/aromatic N) is 4. The molecule has 1 aliphatic carbocycles. The van der Waals surface area contributed by atoms with Gasteiger partial charge in [-0.15, -0.1) is 11.3 Å². The summed E-state index contributed by atoms with van der Waals surface area (Å²) in [5, 5.41) is 17.1. The number of hydrogen-bond donors (Lipinski definition) is 1. The lowest BCUT2D eigenvalue weighted by Gasteiger charge is -2.14. The van der Waals surface area contributed by atoms with E-state index in [0.717, 1.165) is 34.1 Å². The molecule has 0 unspecified atom stereocenters. The maximum Gasteiger partial charge on any atom is 0.338 e. The lowest BCUT2D eigenvalue weighted by Crippen LogP contribution is -2.21. The molecule has 0 amide bonds. The van der Waals surface area contributed by atoms with Gasteiger partial charge in [-0.25, -0.2) is 14.3 Å². The molecule has 6 rings (SSSR count). The van der Waals surface area contributed by atoms with Gasteiger partial charge < -0.3 is 9.84 Å². The topological polar surface area (TPSA) is 116 Å². The summed E-state index contributed by atoms with van der Waals surface area (Å²) in [5.41, 5.74) is 1.30. The molecular weight excluding hydrogens is 504 g/mol. The Hall–Kier alpha value is -4.57. The normalized spacial score (nSPS) is 13.0. The van der Waals surface area contributed by atoms with Crippen LogP contribution in [0.1, 0.15) is 39.7 Å². The second kappa shape index (κ2) is 9.38. The van der Waals surface area contributed by atoms with Crippen LogP contribution in [0.15, 0.2) is 69.5 Å². The maximum atomic E-state index is 13.4. The quantitative estimate of drug-likeness (QED) is 0.273. The molecule has 0 bridgehead atoms. The fraction of sp³-hybridized carbons (Fsp3) is 0.179. The average Bonchev–Trinajstić information content (AvgIpc) is 3.52. The monoisotopic (exact) mass is 526 g/mol. The summed E-state index contributed by atoms with van der Waals surface area (Å²) in [6.45, 7) is 1.96. The van der Waals surface area contributed by atoms with Gasteiger partial charge in [0.2, 0.25) is 5.88 Å². The number of hydrogen-bond acceptors (Lipinski definition) is 8. The molecular formula is C28H22N4O5S. The molecule has 1 aliphatic rings. The SMILES string of the molecule is CCOC(=O)c1ccc(-n2c(O)c(/C=N/n3cnc4sc5c(c4c3=O)CCC5)c3ccccc3c2=O)cc1. The molecule has 10 heteroatoms. The summed E-state index contributed by atoms with van der Waals surface area (Å²) in [6, 6.07) is 13.0. The summed E-state index contributed by atoms with van der Waals surface area (Å²) in [5.74, 6) is -0.825. The zero-order valence-electron chi connectivity index (χ0n) is 20.4. The van der Waals surface area contributed by atoms with Gasteiger partial charge in [0, 0.05) is 15.6 Å². The second-order valence-electron chi connectivity index (χ2n) is 8.87. The average molecular weight is 527 g/mol. The van der Waals surface area contributed by atoms with E-state index in [-0.39, 0.29) is 23.6 Å². The van der Waals surface area contributed by atoms with Crippen LogP contribution in [0.5, 0.6) is 5.88 Å². The predicted octanol–water partition coefficient (Wildman–Crippen LogP) is 4.02. The van der Waals surface area contributed by atoms with Crippen molar-refractivity contribution in [1.82, 2.24) is 14.2 Å². The Bertz CT molecular complexity index is 1880. The number of ether oxygens (including phenoxy) is 1. The fourth-order valence-electron chi connectivity index (χ4n) is 4.87. The molecule has 0 atom stereocenters. The van der Waals surface area contributed by atoms with Crippen molar-refractivity contribution in [3.05, 3.63) is 97.1 Å². The van der Waals surface area contributed by atoms with Crippen molar-refractivity contribution in [2.24, 2.45) is 5.10 Å². The molecule has 38 heavy (non-hydrogen) atoms. The number of pyridine rings is 1. The number of aryl methyl sites for hydroxylation is 2. The number of carbonyl (C=O) groups is 1. The Morgan fingerprint density at radius 2 is 1.87 bits per heavy atom. The van der Waals surface area contributed by atoms with E-state index in [0.29, 0.717) is 32.2 Å². The Morgan fingerprint density at radius 1 is 1.11 bits per heavy atom. The number of aromatic hydroxyl groups is 1. The maximum absolute atomic E-state index is 13.4. The summed E-state index contributed by atoms with van der Waals surface area (Å²) in [7, 11) is 0. The van der Waals surface area contributed by atoms with Gasteiger partial charge in [-0.05, 0) is 62.1 Å². The molecule has 0 saturated heterocycles. The Morgan fingerprint density at radius 3 is 2.63 bits per heavy atom. The summed E-state index contributed by atoms with van der Waals surface area (Å²) >= 11 is 1.55. The number of thiophene rings is 1. The standard InChI is InChI=1S/C28H22N4O5S/c1-2-37-28(36)16-10-12-17(13-11-16)32-25(33)19-7-4-3-6-18(19)21(26(32)34)14-30-31-15-29-24-23(27(31)35)20-8-5-9-22(20)38-24/h3-4,6-7,10-15,34H,2,5,8-9H2,1H3/b30-14+. The molecule has 190 valence electrons. The van der Waals surface area contributed by atoms with Crippen molar-refractivity contribution >= 4 is 44.5 Å². The number of benzene rings is 2. The summed E-state index contributed by atoms with van der Waals surface area (Å²) in [6.07, 6.45) is 5.57. The molecule has 5 aromatic rings. The molecule has 0 aliphatic heterocycles. The van der Waals surface area contributed by atoms with E-state index < -0.39 is 11.5 Å². The third-order valence-corrected chi connectivity index (χ3v) is 7.86. The smallest absolute Gasteiger partial charge is 0.338 e. The van der Waals surface area contributed by atoms with Crippen LogP contribution in [0.4, 0.5) is 0 Å². The van der Waals surface area contributed by atoms with Gasteiger partial charge in [0.15, 0.2) is 0 Å². The molecule has 1 N–H and O–H groups in total. The first kappa shape index (κ1) is 23.8. The molecule has 0 spiro atoms. The fourth-order valence-corrected chi connectivity index (χ4v) is 6.09. The van der Waals surface area contributed by atoms with Gasteiger partial charge in [0.1, 0.15) is 11.2 Å². The lowest BCUT2D eigenvalue weighted by atomic mass is 10.1. The number of fused-ring (bicyclic) bond motifs is 4. The highest BCUT2D eigenvalue weighted by Gasteiger charge is 2.22. The molecule has 3 aromatic heterocycles. The van der Waals surface area contributed by atoms with Gasteiger partial charge in [-0.1, -0.05) is 18.2 Å². The first-order valence-corrected chi connectivity index (χ1v) is 13.0. The molecule has 0 radical (unpaired) electrons. The van der Waals surface area contributed by atoms with Gasteiger partial charge >= 0.3 is 5.97 Å². The zero-order chi connectivity index (χ0) is 26.4. The van der Waals surface area contributed by atoms with Crippen molar-refractivity contribution in [2.45, 2.75) is 26.2 Å². The van der Waals surface area contributed by atoms with Crippen LogP contribution in [-0.2, 0) is 17.6 Å². The van der Waals surface area contributed by atoms with Gasteiger partial charge in [-0.3, -0.25) is 9.59 Å². The summed E-state index contributed by atoms with van der Waals surface area (Å²) in [4.78, 5) is 45.0. The van der Waals surface area contributed by atoms with E-state index in [4.69, 9.17) is 4.74 Å². The number of aromatic nitrogens is 3. The van der Waals surface area contributed by atoms with E-state index in [1.165, 1.54) is 29.6 Å². The van der Waals surface area contributed by atoms with Crippen LogP contribution in [-0.4, -0.2) is 38.1 Å². The third-order valence-electron chi connectivity index (χ3n) is 6.66. The zero-order valence-corrected chi connectivity index (χ0v) is 21.2. The minimum absolute atomic E-state index is 0.245. The van der Waals surface area contributed by atoms with Crippen molar-refractivity contribution in [3.8, 4) is 11.6 Å². The minimum atomic E-state index is -0.478.